The zero-order chi connectivity index (χ0) is 15.8. The highest BCUT2D eigenvalue weighted by atomic mass is 35.5. The number of carbonyl (C=O) groups excluding carboxylic acids is 1. The largest absolute Gasteiger partial charge is 0.341 e. The zero-order valence-electron chi connectivity index (χ0n) is 12.7. The van der Waals surface area contributed by atoms with Gasteiger partial charge < -0.3 is 9.80 Å². The molecule has 0 aromatic carbocycles. The Balaban J connectivity index is 1.59. The van der Waals surface area contributed by atoms with Crippen LogP contribution in [0.25, 0.3) is 0 Å². The number of hydrogen-bond acceptors (Lipinski definition) is 5. The third-order valence-electron chi connectivity index (χ3n) is 4.42. The third kappa shape index (κ3) is 2.81. The van der Waals surface area contributed by atoms with Crippen LogP contribution >= 0.6 is 22.9 Å². The van der Waals surface area contributed by atoms with Gasteiger partial charge in [-0.3, -0.25) is 4.79 Å². The highest BCUT2D eigenvalue weighted by Crippen LogP contribution is 2.27. The van der Waals surface area contributed by atoms with Crippen LogP contribution in [0.15, 0.2) is 17.6 Å². The van der Waals surface area contributed by atoms with Crippen molar-refractivity contribution in [2.75, 3.05) is 24.5 Å². The second-order valence-corrected chi connectivity index (χ2v) is 7.31. The summed E-state index contributed by atoms with van der Waals surface area (Å²) < 4.78 is 0. The van der Waals surface area contributed by atoms with Crippen molar-refractivity contribution in [3.63, 3.8) is 0 Å². The van der Waals surface area contributed by atoms with Crippen LogP contribution in [-0.2, 0) is 13.0 Å². The Labute approximate surface area is 143 Å². The van der Waals surface area contributed by atoms with E-state index in [-0.39, 0.29) is 5.91 Å². The van der Waals surface area contributed by atoms with Crippen molar-refractivity contribution in [2.24, 2.45) is 0 Å². The minimum absolute atomic E-state index is 0.102. The van der Waals surface area contributed by atoms with E-state index in [1.54, 1.807) is 17.5 Å². The number of nitrogens with zero attached hydrogens (tertiary/aromatic N) is 4. The van der Waals surface area contributed by atoms with Crippen LogP contribution in [0.2, 0.25) is 5.02 Å². The molecule has 1 amide bonds. The van der Waals surface area contributed by atoms with Crippen LogP contribution in [0.5, 0.6) is 0 Å². The quantitative estimate of drug-likeness (QED) is 0.837. The van der Waals surface area contributed by atoms with Crippen LogP contribution in [0, 0.1) is 0 Å². The topological polar surface area (TPSA) is 49.3 Å². The van der Waals surface area contributed by atoms with Crippen LogP contribution in [0.3, 0.4) is 0 Å². The molecule has 0 bridgehead atoms. The van der Waals surface area contributed by atoms with Crippen LogP contribution < -0.4 is 4.90 Å². The second kappa shape index (κ2) is 6.09. The van der Waals surface area contributed by atoms with Crippen molar-refractivity contribution >= 4 is 34.8 Å². The standard InChI is InChI=1S/C16H17ClN4OS/c17-12-9-18-16(20-5-1-2-6-20)19-14(12)15(22)21-7-3-13-11(10-21)4-8-23-13/h4,8-9H,1-3,5-7,10H2. The normalized spacial score (nSPS) is 17.4. The third-order valence-corrected chi connectivity index (χ3v) is 5.72. The molecule has 5 nitrogen and oxygen atoms in total. The van der Waals surface area contributed by atoms with Crippen molar-refractivity contribution in [3.8, 4) is 0 Å². The zero-order valence-corrected chi connectivity index (χ0v) is 14.2. The van der Waals surface area contributed by atoms with Crippen molar-refractivity contribution in [2.45, 2.75) is 25.8 Å². The first-order chi connectivity index (χ1) is 11.2. The first-order valence-corrected chi connectivity index (χ1v) is 9.10. The van der Waals surface area contributed by atoms with Gasteiger partial charge in [-0.25, -0.2) is 9.97 Å². The Morgan fingerprint density at radius 1 is 1.26 bits per heavy atom. The van der Waals surface area contributed by atoms with Gasteiger partial charge in [0.05, 0.1) is 11.2 Å². The number of thiophene rings is 1. The van der Waals surface area contributed by atoms with E-state index in [9.17, 15) is 4.79 Å². The molecule has 2 aromatic heterocycles. The lowest BCUT2D eigenvalue weighted by molar-refractivity contribution is 0.0730. The van der Waals surface area contributed by atoms with Gasteiger partial charge in [-0.1, -0.05) is 11.6 Å². The summed E-state index contributed by atoms with van der Waals surface area (Å²) in [5, 5.41) is 2.41. The lowest BCUT2D eigenvalue weighted by Gasteiger charge is -2.27. The molecule has 7 heteroatoms. The van der Waals surface area contributed by atoms with Gasteiger partial charge in [0, 0.05) is 31.1 Å². The predicted molar refractivity (Wildman–Crippen MR) is 91.3 cm³/mol. The molecule has 1 fully saturated rings. The molecule has 2 aliphatic heterocycles. The number of carbonyl (C=O) groups is 1. The van der Waals surface area contributed by atoms with E-state index >= 15 is 0 Å². The van der Waals surface area contributed by atoms with Crippen LogP contribution in [0.4, 0.5) is 5.95 Å². The molecule has 23 heavy (non-hydrogen) atoms. The molecule has 4 heterocycles. The molecule has 0 unspecified atom stereocenters. The van der Waals surface area contributed by atoms with Crippen LogP contribution in [-0.4, -0.2) is 40.4 Å². The maximum Gasteiger partial charge on any atom is 0.274 e. The van der Waals surface area contributed by atoms with E-state index in [2.05, 4.69) is 26.3 Å². The lowest BCUT2D eigenvalue weighted by atomic mass is 10.1. The second-order valence-electron chi connectivity index (χ2n) is 5.91. The molecule has 0 spiro atoms. The van der Waals surface area contributed by atoms with E-state index in [0.29, 0.717) is 29.8 Å². The Bertz CT molecular complexity index is 741. The minimum Gasteiger partial charge on any atom is -0.341 e. The monoisotopic (exact) mass is 348 g/mol. The van der Waals surface area contributed by atoms with E-state index in [0.717, 1.165) is 32.4 Å². The van der Waals surface area contributed by atoms with Gasteiger partial charge in [-0.15, -0.1) is 11.3 Å². The number of rotatable bonds is 2. The molecule has 0 aliphatic carbocycles. The number of halogens is 1. The fourth-order valence-corrected chi connectivity index (χ4v) is 4.21. The summed E-state index contributed by atoms with van der Waals surface area (Å²) in [4.78, 5) is 26.9. The number of aromatic nitrogens is 2. The maximum absolute atomic E-state index is 12.9. The van der Waals surface area contributed by atoms with Gasteiger partial charge in [0.2, 0.25) is 5.95 Å². The van der Waals surface area contributed by atoms with Gasteiger partial charge in [-0.05, 0) is 36.3 Å². The summed E-state index contributed by atoms with van der Waals surface area (Å²) in [6.07, 6.45) is 4.74. The Morgan fingerprint density at radius 3 is 2.91 bits per heavy atom. The van der Waals surface area contributed by atoms with Crippen molar-refractivity contribution in [1.82, 2.24) is 14.9 Å². The van der Waals surface area contributed by atoms with Gasteiger partial charge in [0.1, 0.15) is 0 Å². The summed E-state index contributed by atoms with van der Waals surface area (Å²) >= 11 is 7.97. The van der Waals surface area contributed by atoms with Crippen molar-refractivity contribution in [3.05, 3.63) is 38.8 Å². The van der Waals surface area contributed by atoms with E-state index in [4.69, 9.17) is 11.6 Å². The molecule has 0 saturated carbocycles. The predicted octanol–water partition coefficient (Wildman–Crippen LogP) is 2.99. The van der Waals surface area contributed by atoms with E-state index in [1.165, 1.54) is 10.4 Å². The number of amides is 1. The summed E-state index contributed by atoms with van der Waals surface area (Å²) in [7, 11) is 0. The molecule has 0 atom stereocenters. The van der Waals surface area contributed by atoms with E-state index < -0.39 is 0 Å². The molecular formula is C16H17ClN4OS. The van der Waals surface area contributed by atoms with Crippen molar-refractivity contribution in [1.29, 1.82) is 0 Å². The lowest BCUT2D eigenvalue weighted by Crippen LogP contribution is -2.36. The number of anilines is 1. The average molecular weight is 349 g/mol. The van der Waals surface area contributed by atoms with Gasteiger partial charge in [-0.2, -0.15) is 0 Å². The number of hydrogen-bond donors (Lipinski definition) is 0. The van der Waals surface area contributed by atoms with Gasteiger partial charge in [0.25, 0.3) is 5.91 Å². The molecule has 120 valence electrons. The molecule has 4 rings (SSSR count). The highest BCUT2D eigenvalue weighted by Gasteiger charge is 2.26. The Hall–Kier alpha value is -1.66. The maximum atomic E-state index is 12.9. The van der Waals surface area contributed by atoms with Gasteiger partial charge in [0.15, 0.2) is 5.69 Å². The fraction of sp³-hybridized carbons (Fsp3) is 0.438. The average Bonchev–Trinajstić information content (AvgIpc) is 3.25. The summed E-state index contributed by atoms with van der Waals surface area (Å²) in [6.45, 7) is 3.23. The Morgan fingerprint density at radius 2 is 2.09 bits per heavy atom. The van der Waals surface area contributed by atoms with Gasteiger partial charge >= 0.3 is 0 Å². The molecule has 2 aromatic rings. The summed E-state index contributed by atoms with van der Waals surface area (Å²) in [5.41, 5.74) is 1.56. The minimum atomic E-state index is -0.102. The molecule has 1 saturated heterocycles. The molecule has 2 aliphatic rings. The van der Waals surface area contributed by atoms with Crippen molar-refractivity contribution < 1.29 is 4.79 Å². The molecule has 0 N–H and O–H groups in total. The fourth-order valence-electron chi connectivity index (χ4n) is 3.15. The first kappa shape index (κ1) is 14.9. The summed E-state index contributed by atoms with van der Waals surface area (Å²) in [6, 6.07) is 2.09. The Kier molecular flexibility index (Phi) is 3.95. The smallest absolute Gasteiger partial charge is 0.274 e. The summed E-state index contributed by atoms with van der Waals surface area (Å²) in [5.74, 6) is 0.512. The molecular weight excluding hydrogens is 332 g/mol. The van der Waals surface area contributed by atoms with Crippen LogP contribution in [0.1, 0.15) is 33.8 Å². The number of fused-ring (bicyclic) bond motifs is 1. The SMILES string of the molecule is O=C(c1nc(N2CCCC2)ncc1Cl)N1CCc2sccc2C1. The first-order valence-electron chi connectivity index (χ1n) is 7.84. The highest BCUT2D eigenvalue weighted by molar-refractivity contribution is 7.10. The molecule has 0 radical (unpaired) electrons. The van der Waals surface area contributed by atoms with E-state index in [1.807, 2.05) is 4.90 Å².